The molecule has 6 heteroatoms. The van der Waals surface area contributed by atoms with Crippen LogP contribution in [0.15, 0.2) is 21.6 Å². The van der Waals surface area contributed by atoms with Crippen LogP contribution in [-0.4, -0.2) is 20.5 Å². The second kappa shape index (κ2) is 6.10. The average Bonchev–Trinajstić information content (AvgIpc) is 3.37. The van der Waals surface area contributed by atoms with Gasteiger partial charge in [0.15, 0.2) is 0 Å². The first-order valence-corrected chi connectivity index (χ1v) is 9.39. The molecule has 2 aliphatic carbocycles. The van der Waals surface area contributed by atoms with E-state index in [0.29, 0.717) is 24.3 Å². The van der Waals surface area contributed by atoms with Crippen molar-refractivity contribution in [1.29, 1.82) is 0 Å². The average molecular weight is 312 g/mol. The Morgan fingerprint density at radius 2 is 2.05 bits per heavy atom. The van der Waals surface area contributed by atoms with Crippen molar-refractivity contribution in [2.45, 2.75) is 69.2 Å². The normalized spacial score (nSPS) is 20.6. The number of furan rings is 1. The lowest BCUT2D eigenvalue weighted by atomic mass is 10.1. The summed E-state index contributed by atoms with van der Waals surface area (Å²) >= 11 is 0. The van der Waals surface area contributed by atoms with E-state index in [2.05, 4.69) is 10.0 Å². The molecule has 3 rings (SSSR count). The van der Waals surface area contributed by atoms with Crippen LogP contribution in [-0.2, 0) is 16.6 Å². The zero-order valence-electron chi connectivity index (χ0n) is 12.5. The molecule has 0 aliphatic heterocycles. The smallest absolute Gasteiger partial charge is 0.274 e. The minimum Gasteiger partial charge on any atom is -0.447 e. The summed E-state index contributed by atoms with van der Waals surface area (Å²) in [5.74, 6) is 1.38. The van der Waals surface area contributed by atoms with Crippen molar-refractivity contribution < 1.29 is 12.8 Å². The molecule has 0 aromatic carbocycles. The van der Waals surface area contributed by atoms with Crippen LogP contribution in [0.5, 0.6) is 0 Å². The summed E-state index contributed by atoms with van der Waals surface area (Å²) in [4.78, 5) is 0. The van der Waals surface area contributed by atoms with E-state index in [4.69, 9.17) is 4.42 Å². The van der Waals surface area contributed by atoms with Gasteiger partial charge in [-0.1, -0.05) is 19.8 Å². The van der Waals surface area contributed by atoms with E-state index in [1.54, 1.807) is 12.1 Å². The molecule has 2 N–H and O–H groups in total. The molecule has 0 amide bonds. The van der Waals surface area contributed by atoms with Gasteiger partial charge in [0.1, 0.15) is 5.76 Å². The Bertz CT molecular complexity index is 573. The molecule has 5 nitrogen and oxygen atoms in total. The highest BCUT2D eigenvalue weighted by Crippen LogP contribution is 2.34. The third-order valence-corrected chi connectivity index (χ3v) is 5.57. The van der Waals surface area contributed by atoms with Gasteiger partial charge in [-0.15, -0.1) is 0 Å². The van der Waals surface area contributed by atoms with Gasteiger partial charge in [0, 0.05) is 12.1 Å². The molecular weight excluding hydrogens is 288 g/mol. The Morgan fingerprint density at radius 1 is 1.29 bits per heavy atom. The molecule has 1 unspecified atom stereocenters. The van der Waals surface area contributed by atoms with Crippen LogP contribution >= 0.6 is 0 Å². The van der Waals surface area contributed by atoms with Gasteiger partial charge in [-0.05, 0) is 43.7 Å². The van der Waals surface area contributed by atoms with Gasteiger partial charge in [0.25, 0.3) is 10.0 Å². The quantitative estimate of drug-likeness (QED) is 0.734. The van der Waals surface area contributed by atoms with E-state index < -0.39 is 10.0 Å². The van der Waals surface area contributed by atoms with E-state index in [0.717, 1.165) is 12.8 Å². The van der Waals surface area contributed by atoms with Crippen LogP contribution in [0.25, 0.3) is 0 Å². The predicted molar refractivity (Wildman–Crippen MR) is 80.3 cm³/mol. The maximum atomic E-state index is 12.3. The first-order valence-electron chi connectivity index (χ1n) is 7.91. The fourth-order valence-electron chi connectivity index (χ4n) is 2.46. The van der Waals surface area contributed by atoms with Crippen LogP contribution in [0.4, 0.5) is 0 Å². The first-order chi connectivity index (χ1) is 10.1. The summed E-state index contributed by atoms with van der Waals surface area (Å²) in [6.07, 6.45) is 6.62. The Kier molecular flexibility index (Phi) is 4.38. The summed E-state index contributed by atoms with van der Waals surface area (Å²) in [7, 11) is -3.54. The molecule has 2 saturated carbocycles. The number of hydrogen-bond donors (Lipinski definition) is 2. The fraction of sp³-hybridized carbons (Fsp3) is 0.733. The van der Waals surface area contributed by atoms with E-state index in [1.165, 1.54) is 25.7 Å². The lowest BCUT2D eigenvalue weighted by Gasteiger charge is -2.15. The molecular formula is C15H24N2O3S. The minimum atomic E-state index is -3.54. The summed E-state index contributed by atoms with van der Waals surface area (Å²) in [6.45, 7) is 2.61. The molecule has 2 fully saturated rings. The zero-order valence-corrected chi connectivity index (χ0v) is 13.3. The van der Waals surface area contributed by atoms with Gasteiger partial charge in [-0.2, -0.15) is 0 Å². The minimum absolute atomic E-state index is 0.0145. The SMILES string of the molecule is CCC(CC1CC1)NS(=O)(=O)c1ccc(CNC2CC2)o1. The molecule has 118 valence electrons. The Labute approximate surface area is 126 Å². The van der Waals surface area contributed by atoms with Crippen molar-refractivity contribution in [3.05, 3.63) is 17.9 Å². The van der Waals surface area contributed by atoms with Crippen LogP contribution in [0.1, 0.15) is 51.2 Å². The van der Waals surface area contributed by atoms with Crippen LogP contribution in [0.3, 0.4) is 0 Å². The van der Waals surface area contributed by atoms with Crippen LogP contribution < -0.4 is 10.0 Å². The fourth-order valence-corrected chi connectivity index (χ4v) is 3.74. The number of nitrogens with one attached hydrogen (secondary N) is 2. The second-order valence-corrected chi connectivity index (χ2v) is 7.93. The van der Waals surface area contributed by atoms with Crippen LogP contribution in [0, 0.1) is 5.92 Å². The Balaban J connectivity index is 1.59. The van der Waals surface area contributed by atoms with Crippen molar-refractivity contribution in [3.8, 4) is 0 Å². The number of sulfonamides is 1. The van der Waals surface area contributed by atoms with Crippen molar-refractivity contribution in [3.63, 3.8) is 0 Å². The van der Waals surface area contributed by atoms with Gasteiger partial charge < -0.3 is 9.73 Å². The molecule has 21 heavy (non-hydrogen) atoms. The second-order valence-electron chi connectivity index (χ2n) is 6.28. The molecule has 0 spiro atoms. The zero-order chi connectivity index (χ0) is 14.9. The summed E-state index contributed by atoms with van der Waals surface area (Å²) in [6, 6.07) is 3.89. The summed E-state index contributed by atoms with van der Waals surface area (Å²) < 4.78 is 32.9. The standard InChI is InChI=1S/C15H24N2O3S/c1-2-12(9-11-3-4-11)17-21(18,19)15-8-7-14(20-15)10-16-13-5-6-13/h7-8,11-13,16-17H,2-6,9-10H2,1H3. The van der Waals surface area contributed by atoms with Gasteiger partial charge in [0.2, 0.25) is 5.09 Å². The third kappa shape index (κ3) is 4.31. The van der Waals surface area contributed by atoms with Gasteiger partial charge in [0.05, 0.1) is 6.54 Å². The van der Waals surface area contributed by atoms with E-state index in [9.17, 15) is 8.42 Å². The lowest BCUT2D eigenvalue weighted by Crippen LogP contribution is -2.34. The maximum Gasteiger partial charge on any atom is 0.274 e. The number of rotatable bonds is 9. The Hall–Kier alpha value is -0.850. The van der Waals surface area contributed by atoms with Gasteiger partial charge in [-0.3, -0.25) is 0 Å². The molecule has 1 aromatic rings. The van der Waals surface area contributed by atoms with Gasteiger partial charge >= 0.3 is 0 Å². The highest BCUT2D eigenvalue weighted by Gasteiger charge is 2.29. The molecule has 0 saturated heterocycles. The van der Waals surface area contributed by atoms with Gasteiger partial charge in [-0.25, -0.2) is 13.1 Å². The van der Waals surface area contributed by atoms with Crippen molar-refractivity contribution in [2.24, 2.45) is 5.92 Å². The van der Waals surface area contributed by atoms with Crippen molar-refractivity contribution in [1.82, 2.24) is 10.0 Å². The van der Waals surface area contributed by atoms with Crippen LogP contribution in [0.2, 0.25) is 0 Å². The van der Waals surface area contributed by atoms with Crippen molar-refractivity contribution in [2.75, 3.05) is 0 Å². The van der Waals surface area contributed by atoms with Crippen molar-refractivity contribution >= 4 is 10.0 Å². The van der Waals surface area contributed by atoms with E-state index in [-0.39, 0.29) is 11.1 Å². The molecule has 1 heterocycles. The molecule has 0 bridgehead atoms. The predicted octanol–water partition coefficient (Wildman–Crippen LogP) is 2.39. The number of hydrogen-bond acceptors (Lipinski definition) is 4. The molecule has 2 aliphatic rings. The largest absolute Gasteiger partial charge is 0.447 e. The Morgan fingerprint density at radius 3 is 2.67 bits per heavy atom. The monoisotopic (exact) mass is 312 g/mol. The highest BCUT2D eigenvalue weighted by molar-refractivity contribution is 7.89. The summed E-state index contributed by atoms with van der Waals surface area (Å²) in [5, 5.41) is 3.35. The molecule has 1 aromatic heterocycles. The summed E-state index contributed by atoms with van der Waals surface area (Å²) in [5.41, 5.74) is 0. The molecule has 1 atom stereocenters. The third-order valence-electron chi connectivity index (χ3n) is 4.17. The first kappa shape index (κ1) is 15.1. The molecule has 0 radical (unpaired) electrons. The highest BCUT2D eigenvalue weighted by atomic mass is 32.2. The lowest BCUT2D eigenvalue weighted by molar-refractivity contribution is 0.394. The topological polar surface area (TPSA) is 71.3 Å². The van der Waals surface area contributed by atoms with E-state index in [1.807, 2.05) is 6.92 Å². The van der Waals surface area contributed by atoms with E-state index >= 15 is 0 Å². The maximum absolute atomic E-state index is 12.3.